The Bertz CT molecular complexity index is 584. The quantitative estimate of drug-likeness (QED) is 0.845. The van der Waals surface area contributed by atoms with Crippen LogP contribution in [-0.4, -0.2) is 13.7 Å². The molecule has 0 amide bonds. The molecule has 3 nitrogen and oxygen atoms in total. The highest BCUT2D eigenvalue weighted by atomic mass is 79.9. The van der Waals surface area contributed by atoms with Crippen LogP contribution >= 0.6 is 15.9 Å². The van der Waals surface area contributed by atoms with Crippen LogP contribution in [0.5, 0.6) is 11.5 Å². The van der Waals surface area contributed by atoms with Gasteiger partial charge in [0.25, 0.3) is 0 Å². The Kier molecular flexibility index (Phi) is 5.65. The van der Waals surface area contributed by atoms with Crippen molar-refractivity contribution in [2.24, 2.45) is 5.73 Å². The van der Waals surface area contributed by atoms with E-state index >= 15 is 0 Å². The van der Waals surface area contributed by atoms with Crippen LogP contribution in [0, 0.1) is 0 Å². The molecule has 0 aliphatic carbocycles. The van der Waals surface area contributed by atoms with E-state index in [4.69, 9.17) is 15.2 Å². The van der Waals surface area contributed by atoms with Gasteiger partial charge in [-0.05, 0) is 47.9 Å². The summed E-state index contributed by atoms with van der Waals surface area (Å²) >= 11 is 3.55. The number of rotatable bonds is 6. The van der Waals surface area contributed by atoms with Gasteiger partial charge in [0, 0.05) is 4.47 Å². The van der Waals surface area contributed by atoms with E-state index in [0.29, 0.717) is 0 Å². The van der Waals surface area contributed by atoms with Crippen molar-refractivity contribution in [3.05, 3.63) is 58.1 Å². The Hall–Kier alpha value is -1.52. The normalized spacial score (nSPS) is 12.0. The third-order valence-electron chi connectivity index (χ3n) is 3.25. The molecular formula is C17H20BrNO2. The Balaban J connectivity index is 2.21. The molecule has 0 saturated heterocycles. The maximum absolute atomic E-state index is 6.36. The number of ether oxygens (including phenoxy) is 2. The summed E-state index contributed by atoms with van der Waals surface area (Å²) in [5.41, 5.74) is 8.40. The van der Waals surface area contributed by atoms with Crippen molar-refractivity contribution in [1.29, 1.82) is 0 Å². The summed E-state index contributed by atoms with van der Waals surface area (Å²) < 4.78 is 11.8. The van der Waals surface area contributed by atoms with E-state index in [2.05, 4.69) is 22.9 Å². The minimum Gasteiger partial charge on any atom is -0.497 e. The molecule has 1 unspecified atom stereocenters. The van der Waals surface area contributed by atoms with E-state index in [0.717, 1.165) is 40.1 Å². The summed E-state index contributed by atoms with van der Waals surface area (Å²) in [7, 11) is 1.65. The molecule has 4 heteroatoms. The van der Waals surface area contributed by atoms with Crippen LogP contribution in [0.1, 0.15) is 30.5 Å². The van der Waals surface area contributed by atoms with Gasteiger partial charge in [-0.15, -0.1) is 0 Å². The van der Waals surface area contributed by atoms with Gasteiger partial charge in [-0.3, -0.25) is 0 Å². The maximum atomic E-state index is 6.36. The Morgan fingerprint density at radius 1 is 1.10 bits per heavy atom. The topological polar surface area (TPSA) is 44.5 Å². The first kappa shape index (κ1) is 15.9. The molecule has 0 aliphatic heterocycles. The van der Waals surface area contributed by atoms with Gasteiger partial charge in [-0.1, -0.05) is 35.0 Å². The number of methoxy groups -OCH3 is 1. The second-order valence-corrected chi connectivity index (χ2v) is 5.64. The van der Waals surface area contributed by atoms with Crippen LogP contribution in [0.4, 0.5) is 0 Å². The van der Waals surface area contributed by atoms with E-state index in [1.807, 2.05) is 42.5 Å². The van der Waals surface area contributed by atoms with Crippen LogP contribution in [0.25, 0.3) is 0 Å². The van der Waals surface area contributed by atoms with E-state index in [1.54, 1.807) is 7.11 Å². The van der Waals surface area contributed by atoms with Gasteiger partial charge in [0.1, 0.15) is 11.5 Å². The minimum atomic E-state index is -0.213. The maximum Gasteiger partial charge on any atom is 0.119 e. The van der Waals surface area contributed by atoms with Gasteiger partial charge >= 0.3 is 0 Å². The van der Waals surface area contributed by atoms with Crippen molar-refractivity contribution >= 4 is 15.9 Å². The zero-order valence-electron chi connectivity index (χ0n) is 12.3. The highest BCUT2D eigenvalue weighted by molar-refractivity contribution is 9.10. The fourth-order valence-corrected chi connectivity index (χ4v) is 2.55. The summed E-state index contributed by atoms with van der Waals surface area (Å²) in [6, 6.07) is 13.5. The van der Waals surface area contributed by atoms with Gasteiger partial charge in [0.05, 0.1) is 19.8 Å². The van der Waals surface area contributed by atoms with Gasteiger partial charge in [0.15, 0.2) is 0 Å². The Morgan fingerprint density at radius 3 is 2.38 bits per heavy atom. The lowest BCUT2D eigenvalue weighted by atomic mass is 9.99. The summed E-state index contributed by atoms with van der Waals surface area (Å²) in [5, 5.41) is 0. The lowest BCUT2D eigenvalue weighted by molar-refractivity contribution is 0.317. The van der Waals surface area contributed by atoms with Gasteiger partial charge in [-0.25, -0.2) is 0 Å². The van der Waals surface area contributed by atoms with Gasteiger partial charge < -0.3 is 15.2 Å². The molecule has 112 valence electrons. The molecule has 1 atom stereocenters. The average Bonchev–Trinajstić information content (AvgIpc) is 2.53. The molecule has 2 aromatic carbocycles. The Morgan fingerprint density at radius 2 is 1.76 bits per heavy atom. The minimum absolute atomic E-state index is 0.213. The third kappa shape index (κ3) is 3.99. The summed E-state index contributed by atoms with van der Waals surface area (Å²) in [5.74, 6) is 1.67. The summed E-state index contributed by atoms with van der Waals surface area (Å²) in [6.45, 7) is 2.82. The monoisotopic (exact) mass is 349 g/mol. The molecule has 0 fully saturated rings. The van der Waals surface area contributed by atoms with Crippen LogP contribution in [-0.2, 0) is 0 Å². The molecule has 0 spiro atoms. The zero-order valence-corrected chi connectivity index (χ0v) is 13.9. The molecule has 0 bridgehead atoms. The second kappa shape index (κ2) is 7.48. The van der Waals surface area contributed by atoms with Crippen LogP contribution in [0.2, 0.25) is 0 Å². The summed E-state index contributed by atoms with van der Waals surface area (Å²) in [6.07, 6.45) is 0.998. The van der Waals surface area contributed by atoms with E-state index in [1.165, 1.54) is 0 Å². The smallest absolute Gasteiger partial charge is 0.119 e. The molecule has 0 saturated carbocycles. The van der Waals surface area contributed by atoms with Crippen LogP contribution in [0.3, 0.4) is 0 Å². The van der Waals surface area contributed by atoms with Crippen molar-refractivity contribution in [2.45, 2.75) is 19.4 Å². The largest absolute Gasteiger partial charge is 0.497 e. The predicted octanol–water partition coefficient (Wildman–Crippen LogP) is 4.29. The van der Waals surface area contributed by atoms with E-state index in [-0.39, 0.29) is 6.04 Å². The third-order valence-corrected chi connectivity index (χ3v) is 3.97. The highest BCUT2D eigenvalue weighted by Gasteiger charge is 2.13. The first-order chi connectivity index (χ1) is 10.2. The highest BCUT2D eigenvalue weighted by Crippen LogP contribution is 2.30. The molecular weight excluding hydrogens is 330 g/mol. The molecule has 0 aromatic heterocycles. The molecule has 21 heavy (non-hydrogen) atoms. The van der Waals surface area contributed by atoms with Crippen molar-refractivity contribution < 1.29 is 9.47 Å². The molecule has 2 aromatic rings. The fourth-order valence-electron chi connectivity index (χ4n) is 2.06. The Labute approximate surface area is 134 Å². The van der Waals surface area contributed by atoms with Gasteiger partial charge in [-0.2, -0.15) is 0 Å². The molecule has 0 aliphatic rings. The number of hydrogen-bond acceptors (Lipinski definition) is 3. The van der Waals surface area contributed by atoms with Crippen LogP contribution < -0.4 is 15.2 Å². The summed E-state index contributed by atoms with van der Waals surface area (Å²) in [4.78, 5) is 0. The van der Waals surface area contributed by atoms with Crippen molar-refractivity contribution in [1.82, 2.24) is 0 Å². The molecule has 0 radical (unpaired) electrons. The standard InChI is InChI=1S/C17H20BrNO2/c1-3-10-21-13-6-4-12(5-7-13)17(19)15-11-14(20-2)8-9-16(15)18/h4-9,11,17H,3,10,19H2,1-2H3. The van der Waals surface area contributed by atoms with Gasteiger partial charge in [0.2, 0.25) is 0 Å². The first-order valence-corrected chi connectivity index (χ1v) is 7.76. The predicted molar refractivity (Wildman–Crippen MR) is 89.0 cm³/mol. The SMILES string of the molecule is CCCOc1ccc(C(N)c2cc(OC)ccc2Br)cc1. The number of benzene rings is 2. The molecule has 2 N–H and O–H groups in total. The second-order valence-electron chi connectivity index (χ2n) is 4.78. The van der Waals surface area contributed by atoms with E-state index in [9.17, 15) is 0 Å². The van der Waals surface area contributed by atoms with Crippen molar-refractivity contribution in [2.75, 3.05) is 13.7 Å². The lowest BCUT2D eigenvalue weighted by Crippen LogP contribution is -2.12. The van der Waals surface area contributed by atoms with Crippen LogP contribution in [0.15, 0.2) is 46.9 Å². The average molecular weight is 350 g/mol. The number of halogens is 1. The number of hydrogen-bond donors (Lipinski definition) is 1. The lowest BCUT2D eigenvalue weighted by Gasteiger charge is -2.16. The first-order valence-electron chi connectivity index (χ1n) is 6.97. The fraction of sp³-hybridized carbons (Fsp3) is 0.294. The molecule has 2 rings (SSSR count). The number of nitrogens with two attached hydrogens (primary N) is 1. The molecule has 0 heterocycles. The van der Waals surface area contributed by atoms with E-state index < -0.39 is 0 Å². The zero-order chi connectivity index (χ0) is 15.2. The van der Waals surface area contributed by atoms with Crippen molar-refractivity contribution in [3.8, 4) is 11.5 Å². The van der Waals surface area contributed by atoms with Crippen molar-refractivity contribution in [3.63, 3.8) is 0 Å².